The van der Waals surface area contributed by atoms with Gasteiger partial charge < -0.3 is 10.4 Å². The number of carbonyl (C=O) groups is 2. The number of carboxylic acids is 1. The zero-order valence-corrected chi connectivity index (χ0v) is 11.4. The van der Waals surface area contributed by atoms with Crippen LogP contribution < -0.4 is 5.32 Å². The molecule has 0 spiro atoms. The van der Waals surface area contributed by atoms with Gasteiger partial charge in [-0.05, 0) is 17.9 Å². The predicted octanol–water partition coefficient (Wildman–Crippen LogP) is 0.752. The Balaban J connectivity index is 1.57. The molecule has 1 aliphatic heterocycles. The van der Waals surface area contributed by atoms with Gasteiger partial charge in [-0.1, -0.05) is 30.3 Å². The molecular formula is C15H20N2O3. The smallest absolute Gasteiger partial charge is 0.303 e. The minimum atomic E-state index is -0.762. The van der Waals surface area contributed by atoms with Crippen LogP contribution in [0.25, 0.3) is 0 Å². The minimum absolute atomic E-state index is 0.00899. The summed E-state index contributed by atoms with van der Waals surface area (Å²) >= 11 is 0. The van der Waals surface area contributed by atoms with Gasteiger partial charge in [0, 0.05) is 19.6 Å². The number of nitrogens with one attached hydrogen (secondary N) is 1. The Hall–Kier alpha value is -1.88. The summed E-state index contributed by atoms with van der Waals surface area (Å²) < 4.78 is 0. The molecule has 1 amide bonds. The number of hydrogen-bond donors (Lipinski definition) is 2. The first-order chi connectivity index (χ1) is 9.63. The molecule has 0 unspecified atom stereocenters. The van der Waals surface area contributed by atoms with Crippen molar-refractivity contribution in [3.05, 3.63) is 35.9 Å². The van der Waals surface area contributed by atoms with Gasteiger partial charge in [-0.25, -0.2) is 0 Å². The van der Waals surface area contributed by atoms with Crippen molar-refractivity contribution in [1.29, 1.82) is 0 Å². The quantitative estimate of drug-likeness (QED) is 0.771. The molecule has 1 aliphatic rings. The van der Waals surface area contributed by atoms with E-state index in [1.54, 1.807) is 0 Å². The molecule has 2 rings (SSSR count). The highest BCUT2D eigenvalue weighted by atomic mass is 16.4. The van der Waals surface area contributed by atoms with Gasteiger partial charge in [-0.3, -0.25) is 14.5 Å². The molecule has 0 radical (unpaired) electrons. The fraction of sp³-hybridized carbons (Fsp3) is 0.467. The topological polar surface area (TPSA) is 69.6 Å². The maximum absolute atomic E-state index is 11.7. The monoisotopic (exact) mass is 276 g/mol. The molecule has 20 heavy (non-hydrogen) atoms. The summed E-state index contributed by atoms with van der Waals surface area (Å²) in [5.41, 5.74) is 1.21. The average Bonchev–Trinajstić information content (AvgIpc) is 2.37. The van der Waals surface area contributed by atoms with E-state index in [0.29, 0.717) is 26.2 Å². The molecule has 0 saturated carbocycles. The molecule has 1 saturated heterocycles. The lowest BCUT2D eigenvalue weighted by atomic mass is 9.96. The molecule has 0 aromatic heterocycles. The molecule has 1 fully saturated rings. The van der Waals surface area contributed by atoms with Crippen molar-refractivity contribution in [2.45, 2.75) is 12.8 Å². The fourth-order valence-electron chi connectivity index (χ4n) is 2.43. The maximum atomic E-state index is 11.7. The lowest BCUT2D eigenvalue weighted by molar-refractivity contribution is -0.139. The van der Waals surface area contributed by atoms with Crippen LogP contribution in [0.1, 0.15) is 12.0 Å². The van der Waals surface area contributed by atoms with Crippen LogP contribution in [0.3, 0.4) is 0 Å². The van der Waals surface area contributed by atoms with Crippen molar-refractivity contribution >= 4 is 11.9 Å². The largest absolute Gasteiger partial charge is 0.481 e. The summed E-state index contributed by atoms with van der Waals surface area (Å²) in [5.74, 6) is -0.554. The predicted molar refractivity (Wildman–Crippen MR) is 75.3 cm³/mol. The van der Waals surface area contributed by atoms with Gasteiger partial charge in [0.2, 0.25) is 5.91 Å². The zero-order valence-electron chi connectivity index (χ0n) is 11.4. The van der Waals surface area contributed by atoms with E-state index in [-0.39, 0.29) is 18.2 Å². The van der Waals surface area contributed by atoms with Crippen molar-refractivity contribution in [2.75, 3.05) is 26.2 Å². The molecule has 0 bridgehead atoms. The van der Waals surface area contributed by atoms with Gasteiger partial charge in [-0.15, -0.1) is 0 Å². The third-order valence-electron chi connectivity index (χ3n) is 3.44. The number of hydrogen-bond acceptors (Lipinski definition) is 3. The van der Waals surface area contributed by atoms with Crippen LogP contribution in [-0.4, -0.2) is 48.1 Å². The molecule has 1 aromatic carbocycles. The lowest BCUT2D eigenvalue weighted by Gasteiger charge is -2.37. The van der Waals surface area contributed by atoms with Crippen LogP contribution in [0.15, 0.2) is 30.3 Å². The first kappa shape index (κ1) is 14.5. The van der Waals surface area contributed by atoms with Crippen LogP contribution in [0, 0.1) is 5.92 Å². The summed E-state index contributed by atoms with van der Waals surface area (Å²) in [6.07, 6.45) is 1.03. The Bertz CT molecular complexity index is 455. The summed E-state index contributed by atoms with van der Waals surface area (Å²) in [5, 5.41) is 11.5. The van der Waals surface area contributed by atoms with E-state index in [1.165, 1.54) is 5.56 Å². The molecule has 5 nitrogen and oxygen atoms in total. The van der Waals surface area contributed by atoms with Crippen molar-refractivity contribution in [3.8, 4) is 0 Å². The van der Waals surface area contributed by atoms with Crippen LogP contribution in [0.5, 0.6) is 0 Å². The maximum Gasteiger partial charge on any atom is 0.303 e. The second-order valence-electron chi connectivity index (χ2n) is 5.24. The number of likely N-dealkylation sites (tertiary alicyclic amines) is 1. The Morgan fingerprint density at radius 3 is 2.60 bits per heavy atom. The van der Waals surface area contributed by atoms with Gasteiger partial charge in [0.05, 0.1) is 13.0 Å². The molecular weight excluding hydrogens is 256 g/mol. The molecule has 108 valence electrons. The average molecular weight is 276 g/mol. The Labute approximate surface area is 118 Å². The van der Waals surface area contributed by atoms with Crippen molar-refractivity contribution in [2.24, 2.45) is 5.92 Å². The van der Waals surface area contributed by atoms with E-state index in [1.807, 2.05) is 35.2 Å². The third kappa shape index (κ3) is 4.66. The molecule has 1 aromatic rings. The molecule has 0 atom stereocenters. The summed E-state index contributed by atoms with van der Waals surface area (Å²) in [6.45, 7) is 2.41. The highest BCUT2D eigenvalue weighted by molar-refractivity contribution is 5.78. The number of rotatable bonds is 7. The van der Waals surface area contributed by atoms with E-state index >= 15 is 0 Å². The highest BCUT2D eigenvalue weighted by Crippen LogP contribution is 2.18. The van der Waals surface area contributed by atoms with Crippen LogP contribution in [0.2, 0.25) is 0 Å². The molecule has 0 aliphatic carbocycles. The first-order valence-electron chi connectivity index (χ1n) is 6.88. The second kappa shape index (κ2) is 7.05. The molecule has 2 N–H and O–H groups in total. The number of carbonyl (C=O) groups excluding carboxylic acids is 1. The number of benzene rings is 1. The standard InChI is InChI=1S/C15H20N2O3/c18-14(11-17-9-13(10-17)8-15(19)20)16-7-6-12-4-2-1-3-5-12/h1-5,13H,6-11H2,(H,16,18)(H,19,20). The van der Waals surface area contributed by atoms with E-state index in [9.17, 15) is 9.59 Å². The van der Waals surface area contributed by atoms with E-state index in [4.69, 9.17) is 5.11 Å². The van der Waals surface area contributed by atoms with E-state index in [2.05, 4.69) is 5.32 Å². The summed E-state index contributed by atoms with van der Waals surface area (Å²) in [6, 6.07) is 10.0. The van der Waals surface area contributed by atoms with Crippen LogP contribution >= 0.6 is 0 Å². The Morgan fingerprint density at radius 2 is 1.95 bits per heavy atom. The summed E-state index contributed by atoms with van der Waals surface area (Å²) in [4.78, 5) is 24.2. The normalized spacial score (nSPS) is 15.6. The number of amides is 1. The van der Waals surface area contributed by atoms with Crippen molar-refractivity contribution in [1.82, 2.24) is 10.2 Å². The fourth-order valence-corrected chi connectivity index (χ4v) is 2.43. The van der Waals surface area contributed by atoms with Crippen LogP contribution in [-0.2, 0) is 16.0 Å². The Kier molecular flexibility index (Phi) is 5.12. The van der Waals surface area contributed by atoms with Crippen molar-refractivity contribution < 1.29 is 14.7 Å². The van der Waals surface area contributed by atoms with Gasteiger partial charge in [0.1, 0.15) is 0 Å². The zero-order chi connectivity index (χ0) is 14.4. The number of carboxylic acid groups (broad SMARTS) is 1. The third-order valence-corrected chi connectivity index (χ3v) is 3.44. The summed E-state index contributed by atoms with van der Waals surface area (Å²) in [7, 11) is 0. The Morgan fingerprint density at radius 1 is 1.25 bits per heavy atom. The SMILES string of the molecule is O=C(O)CC1CN(CC(=O)NCCc2ccccc2)C1. The van der Waals surface area contributed by atoms with E-state index < -0.39 is 5.97 Å². The van der Waals surface area contributed by atoms with E-state index in [0.717, 1.165) is 6.42 Å². The first-order valence-corrected chi connectivity index (χ1v) is 6.88. The number of aliphatic carboxylic acids is 1. The molecule has 5 heteroatoms. The minimum Gasteiger partial charge on any atom is -0.481 e. The highest BCUT2D eigenvalue weighted by Gasteiger charge is 2.29. The lowest BCUT2D eigenvalue weighted by Crippen LogP contribution is -2.51. The second-order valence-corrected chi connectivity index (χ2v) is 5.24. The van der Waals surface area contributed by atoms with Gasteiger partial charge in [0.15, 0.2) is 0 Å². The number of nitrogens with zero attached hydrogens (tertiary/aromatic N) is 1. The van der Waals surface area contributed by atoms with Gasteiger partial charge in [-0.2, -0.15) is 0 Å². The molecule has 1 heterocycles. The van der Waals surface area contributed by atoms with Gasteiger partial charge >= 0.3 is 5.97 Å². The van der Waals surface area contributed by atoms with Gasteiger partial charge in [0.25, 0.3) is 0 Å². The van der Waals surface area contributed by atoms with Crippen molar-refractivity contribution in [3.63, 3.8) is 0 Å². The van der Waals surface area contributed by atoms with Crippen LogP contribution in [0.4, 0.5) is 0 Å².